The van der Waals surface area contributed by atoms with Gasteiger partial charge in [-0.2, -0.15) is 0 Å². The fourth-order valence-corrected chi connectivity index (χ4v) is 9.22. The molecule has 7 rings (SSSR count). The van der Waals surface area contributed by atoms with Crippen LogP contribution in [0.5, 0.6) is 5.88 Å². The van der Waals surface area contributed by atoms with Crippen LogP contribution in [0.4, 0.5) is 0 Å². The Labute approximate surface area is 307 Å². The monoisotopic (exact) mass is 748 g/mol. The summed E-state index contributed by atoms with van der Waals surface area (Å²) in [6.45, 7) is 2.62. The van der Waals surface area contributed by atoms with Crippen molar-refractivity contribution in [1.82, 2.24) is 30.8 Å². The molecule has 51 heavy (non-hydrogen) atoms. The highest BCUT2D eigenvalue weighted by atomic mass is 35.5. The summed E-state index contributed by atoms with van der Waals surface area (Å²) >= 11 is 14.1. The number of carbonyl (C=O) groups is 2. The molecule has 14 heteroatoms. The number of amides is 2. The quantitative estimate of drug-likeness (QED) is 0.204. The molecule has 1 unspecified atom stereocenters. The maximum absolute atomic E-state index is 13.5. The zero-order chi connectivity index (χ0) is 35.7. The summed E-state index contributed by atoms with van der Waals surface area (Å²) in [5, 5.41) is 10.1. The lowest BCUT2D eigenvalue weighted by Crippen LogP contribution is -2.39. The molecule has 4 aromatic rings. The maximum atomic E-state index is 13.5. The predicted molar refractivity (Wildman–Crippen MR) is 196 cm³/mol. The van der Waals surface area contributed by atoms with Crippen molar-refractivity contribution in [2.24, 2.45) is 0 Å². The summed E-state index contributed by atoms with van der Waals surface area (Å²) in [6, 6.07) is 16.7. The van der Waals surface area contributed by atoms with Gasteiger partial charge in [0.05, 0.1) is 39.2 Å². The summed E-state index contributed by atoms with van der Waals surface area (Å²) < 4.78 is 32.6. The van der Waals surface area contributed by atoms with Crippen molar-refractivity contribution >= 4 is 44.9 Å². The van der Waals surface area contributed by atoms with E-state index in [2.05, 4.69) is 25.8 Å². The Hall–Kier alpha value is -4.07. The third kappa shape index (κ3) is 7.61. The molecule has 266 valence electrons. The van der Waals surface area contributed by atoms with Gasteiger partial charge in [0.2, 0.25) is 17.7 Å². The number of hydrogen-bond acceptors (Lipinski definition) is 9. The fourth-order valence-electron chi connectivity index (χ4n) is 7.02. The minimum absolute atomic E-state index is 0.0235. The summed E-state index contributed by atoms with van der Waals surface area (Å²) in [5.74, 6) is 0.562. The molecule has 11 nitrogen and oxygen atoms in total. The molecule has 0 saturated carbocycles. The minimum Gasteiger partial charge on any atom is -0.481 e. The molecular formula is C37H38Cl2N6O5S. The van der Waals surface area contributed by atoms with Crippen molar-refractivity contribution in [1.29, 1.82) is 0 Å². The lowest BCUT2D eigenvalue weighted by atomic mass is 9.99. The number of rotatable bonds is 10. The first-order chi connectivity index (χ1) is 24.6. The number of carbonyl (C=O) groups excluding carboxylic acids is 2. The minimum atomic E-state index is -3.58. The van der Waals surface area contributed by atoms with E-state index in [9.17, 15) is 18.0 Å². The van der Waals surface area contributed by atoms with Crippen LogP contribution in [0, 0.1) is 0 Å². The molecule has 3 aliphatic heterocycles. The van der Waals surface area contributed by atoms with Gasteiger partial charge < -0.3 is 20.7 Å². The van der Waals surface area contributed by atoms with Crippen molar-refractivity contribution < 1.29 is 22.7 Å². The zero-order valence-electron chi connectivity index (χ0n) is 28.0. The van der Waals surface area contributed by atoms with Gasteiger partial charge >= 0.3 is 0 Å². The van der Waals surface area contributed by atoms with Crippen molar-refractivity contribution in [3.8, 4) is 39.5 Å². The van der Waals surface area contributed by atoms with Crippen molar-refractivity contribution in [2.75, 3.05) is 32.5 Å². The predicted octanol–water partition coefficient (Wildman–Crippen LogP) is 5.03. The summed E-state index contributed by atoms with van der Waals surface area (Å²) in [5.41, 5.74) is 5.22. The molecule has 0 bridgehead atoms. The first-order valence-electron chi connectivity index (χ1n) is 16.9. The second kappa shape index (κ2) is 14.9. The topological polar surface area (TPSA) is 143 Å². The lowest BCUT2D eigenvalue weighted by Gasteiger charge is -2.23. The summed E-state index contributed by atoms with van der Waals surface area (Å²) in [6.07, 6.45) is 4.26. The third-order valence-corrected chi connectivity index (χ3v) is 12.2. The van der Waals surface area contributed by atoms with Gasteiger partial charge in [0, 0.05) is 91.7 Å². The van der Waals surface area contributed by atoms with Gasteiger partial charge in [-0.25, -0.2) is 13.4 Å². The van der Waals surface area contributed by atoms with E-state index in [1.165, 1.54) is 0 Å². The molecule has 2 aromatic heterocycles. The molecule has 2 aromatic carbocycles. The molecule has 3 aliphatic rings. The smallest absolute Gasteiger partial charge is 0.220 e. The first-order valence-corrected chi connectivity index (χ1v) is 19.4. The SMILES string of the molecule is COc1nc(-c2cccc(-c3ccnc(-c4ccc5c(c4)S(=O)(=O)CCN(C[C@@H]4CCC(=O)N4)C5)c3Cl)c2Cl)ccc1CNCC1CCC(=O)N1. The molecule has 2 atom stereocenters. The number of methoxy groups -OCH3 is 1. The second-order valence-corrected chi connectivity index (χ2v) is 16.0. The van der Waals surface area contributed by atoms with Crippen molar-refractivity contribution in [2.45, 2.75) is 55.8 Å². The Bertz CT molecular complexity index is 2110. The third-order valence-electron chi connectivity index (χ3n) is 9.69. The Kier molecular flexibility index (Phi) is 10.3. The van der Waals surface area contributed by atoms with Crippen LogP contribution in [0.2, 0.25) is 10.0 Å². The Morgan fingerprint density at radius 1 is 0.941 bits per heavy atom. The number of pyridine rings is 2. The average molecular weight is 750 g/mol. The standard InChI is InChI=1S/C37H38Cl2N6O5S/c1-50-37-23(18-40-19-25-8-11-32(46)42-25)7-10-30(44-37)29-4-2-3-27(34(29)38)28-13-14-41-36(35(28)39)22-5-6-24-20-45(21-26-9-12-33(47)43-26)15-16-51(48,49)31(24)17-22/h2-7,10,13-14,17,25-26,40H,8-9,11-12,15-16,18-21H2,1H3,(H,42,46)(H,43,47)/t25?,26-/m0/s1. The van der Waals surface area contributed by atoms with E-state index in [0.717, 1.165) is 18.4 Å². The van der Waals surface area contributed by atoms with Crippen LogP contribution >= 0.6 is 23.2 Å². The van der Waals surface area contributed by atoms with Gasteiger partial charge in [0.25, 0.3) is 0 Å². The van der Waals surface area contributed by atoms with Gasteiger partial charge in [-0.3, -0.25) is 19.5 Å². The fraction of sp³-hybridized carbons (Fsp3) is 0.351. The number of halogens is 2. The van der Waals surface area contributed by atoms with Crippen molar-refractivity contribution in [3.63, 3.8) is 0 Å². The Morgan fingerprint density at radius 3 is 2.43 bits per heavy atom. The molecule has 2 fully saturated rings. The van der Waals surface area contributed by atoms with Crippen molar-refractivity contribution in [3.05, 3.63) is 82.0 Å². The normalized spacial score (nSPS) is 20.1. The number of nitrogens with one attached hydrogen (secondary N) is 3. The molecule has 2 saturated heterocycles. The van der Waals surface area contributed by atoms with Gasteiger partial charge in [-0.15, -0.1) is 0 Å². The number of benzene rings is 2. The highest BCUT2D eigenvalue weighted by Crippen LogP contribution is 2.42. The molecular weight excluding hydrogens is 711 g/mol. The average Bonchev–Trinajstić information content (AvgIpc) is 3.71. The van der Waals surface area contributed by atoms with E-state index in [4.69, 9.17) is 32.9 Å². The first kappa shape index (κ1) is 35.3. The molecule has 5 heterocycles. The molecule has 0 aliphatic carbocycles. The van der Waals surface area contributed by atoms with Crippen LogP contribution in [-0.4, -0.2) is 79.7 Å². The summed E-state index contributed by atoms with van der Waals surface area (Å²) in [7, 11) is -2.01. The second-order valence-electron chi connectivity index (χ2n) is 13.2. The highest BCUT2D eigenvalue weighted by molar-refractivity contribution is 7.91. The van der Waals surface area contributed by atoms with Gasteiger partial charge in [-0.1, -0.05) is 59.6 Å². The van der Waals surface area contributed by atoms with E-state index in [1.54, 1.807) is 25.4 Å². The molecule has 3 N–H and O–H groups in total. The van der Waals surface area contributed by atoms with Crippen LogP contribution in [0.25, 0.3) is 33.6 Å². The van der Waals surface area contributed by atoms with E-state index in [1.807, 2.05) is 42.5 Å². The number of hydrogen-bond donors (Lipinski definition) is 3. The van der Waals surface area contributed by atoms with Crippen LogP contribution in [0.3, 0.4) is 0 Å². The van der Waals surface area contributed by atoms with E-state index in [-0.39, 0.29) is 34.5 Å². The number of ether oxygens (including phenoxy) is 1. The van der Waals surface area contributed by atoms with E-state index < -0.39 is 9.84 Å². The number of aromatic nitrogens is 2. The number of nitrogens with zero attached hydrogens (tertiary/aromatic N) is 3. The highest BCUT2D eigenvalue weighted by Gasteiger charge is 2.30. The van der Waals surface area contributed by atoms with Crippen LogP contribution in [0.1, 0.15) is 36.8 Å². The summed E-state index contributed by atoms with van der Waals surface area (Å²) in [4.78, 5) is 34.9. The van der Waals surface area contributed by atoms with Crippen LogP contribution in [-0.2, 0) is 32.5 Å². The largest absolute Gasteiger partial charge is 0.481 e. The Balaban J connectivity index is 1.14. The van der Waals surface area contributed by atoms with E-state index in [0.29, 0.717) is 101 Å². The molecule has 0 spiro atoms. The van der Waals surface area contributed by atoms with Crippen LogP contribution < -0.4 is 20.7 Å². The Morgan fingerprint density at radius 2 is 1.69 bits per heavy atom. The molecule has 0 radical (unpaired) electrons. The van der Waals surface area contributed by atoms with E-state index >= 15 is 0 Å². The number of fused-ring (bicyclic) bond motifs is 1. The lowest BCUT2D eigenvalue weighted by molar-refractivity contribution is -0.120. The van der Waals surface area contributed by atoms with Gasteiger partial charge in [-0.05, 0) is 36.6 Å². The van der Waals surface area contributed by atoms with Gasteiger partial charge in [0.15, 0.2) is 9.84 Å². The number of sulfone groups is 1. The van der Waals surface area contributed by atoms with Crippen LogP contribution in [0.15, 0.2) is 65.7 Å². The van der Waals surface area contributed by atoms with Gasteiger partial charge in [0.1, 0.15) is 0 Å². The maximum Gasteiger partial charge on any atom is 0.220 e. The zero-order valence-corrected chi connectivity index (χ0v) is 30.4. The molecule has 2 amide bonds.